The van der Waals surface area contributed by atoms with Crippen LogP contribution in [-0.4, -0.2) is 15.3 Å². The van der Waals surface area contributed by atoms with Gasteiger partial charge in [-0.15, -0.1) is 0 Å². The first-order valence-corrected chi connectivity index (χ1v) is 6.30. The Labute approximate surface area is 107 Å². The molecule has 0 bridgehead atoms. The first-order chi connectivity index (χ1) is 8.29. The van der Waals surface area contributed by atoms with Gasteiger partial charge >= 0.3 is 0 Å². The Bertz CT molecular complexity index is 564. The molecule has 0 aliphatic carbocycles. The van der Waals surface area contributed by atoms with Crippen LogP contribution in [0.2, 0.25) is 0 Å². The number of hydrogen-bond donors (Lipinski definition) is 1. The van der Waals surface area contributed by atoms with Crippen molar-refractivity contribution in [3.8, 4) is 0 Å². The number of hydrogen-bond acceptors (Lipinski definition) is 1. The highest BCUT2D eigenvalue weighted by atomic mass is 19.1. The Hall–Kier alpha value is -1.35. The van der Waals surface area contributed by atoms with Gasteiger partial charge in [0.15, 0.2) is 0 Å². The topological polar surface area (TPSA) is 25.2 Å². The first kappa shape index (κ1) is 13.1. The summed E-state index contributed by atoms with van der Waals surface area (Å²) in [5, 5.41) is 10.6. The van der Waals surface area contributed by atoms with Crippen LogP contribution in [0.15, 0.2) is 24.3 Å². The number of benzene rings is 1. The minimum atomic E-state index is -0.794. The standard InChI is InChI=1S/C15H20FNO/c1-10(2)17-11(9-15(3,4)18)8-12-13(16)6-5-7-14(12)17/h5-8,10,18H,9H2,1-4H3. The van der Waals surface area contributed by atoms with Crippen molar-refractivity contribution < 1.29 is 9.50 Å². The number of aromatic nitrogens is 1. The second-order valence-electron chi connectivity index (χ2n) is 5.76. The molecule has 1 aromatic heterocycles. The summed E-state index contributed by atoms with van der Waals surface area (Å²) in [6, 6.07) is 7.21. The quantitative estimate of drug-likeness (QED) is 0.882. The molecule has 2 rings (SSSR count). The molecule has 0 saturated heterocycles. The van der Waals surface area contributed by atoms with Gasteiger partial charge in [0.25, 0.3) is 0 Å². The van der Waals surface area contributed by atoms with Gasteiger partial charge in [-0.3, -0.25) is 0 Å². The second-order valence-corrected chi connectivity index (χ2v) is 5.76. The van der Waals surface area contributed by atoms with E-state index in [4.69, 9.17) is 0 Å². The lowest BCUT2D eigenvalue weighted by Crippen LogP contribution is -2.24. The molecule has 0 atom stereocenters. The zero-order chi connectivity index (χ0) is 13.5. The number of rotatable bonds is 3. The molecule has 1 heterocycles. The molecule has 2 aromatic rings. The molecular weight excluding hydrogens is 229 g/mol. The van der Waals surface area contributed by atoms with E-state index in [2.05, 4.69) is 18.4 Å². The van der Waals surface area contributed by atoms with Gasteiger partial charge in [-0.2, -0.15) is 0 Å². The van der Waals surface area contributed by atoms with Crippen molar-refractivity contribution in [1.29, 1.82) is 0 Å². The molecule has 1 N–H and O–H groups in total. The van der Waals surface area contributed by atoms with E-state index in [0.29, 0.717) is 11.8 Å². The van der Waals surface area contributed by atoms with Crippen molar-refractivity contribution in [1.82, 2.24) is 4.57 Å². The van der Waals surface area contributed by atoms with E-state index < -0.39 is 5.60 Å². The van der Waals surface area contributed by atoms with Gasteiger partial charge in [-0.05, 0) is 45.9 Å². The fraction of sp³-hybridized carbons (Fsp3) is 0.467. The van der Waals surface area contributed by atoms with Gasteiger partial charge in [0.05, 0.1) is 11.1 Å². The molecule has 0 aliphatic rings. The van der Waals surface area contributed by atoms with Gasteiger partial charge in [0.1, 0.15) is 5.82 Å². The maximum Gasteiger partial charge on any atom is 0.132 e. The van der Waals surface area contributed by atoms with Crippen LogP contribution in [0.3, 0.4) is 0 Å². The third-order valence-electron chi connectivity index (χ3n) is 3.04. The summed E-state index contributed by atoms with van der Waals surface area (Å²) in [4.78, 5) is 0. The highest BCUT2D eigenvalue weighted by Gasteiger charge is 2.20. The fourth-order valence-electron chi connectivity index (χ4n) is 2.46. The summed E-state index contributed by atoms with van der Waals surface area (Å²) in [5.74, 6) is -0.205. The Morgan fingerprint density at radius 1 is 1.33 bits per heavy atom. The molecule has 1 aromatic carbocycles. The molecule has 0 saturated carbocycles. The van der Waals surface area contributed by atoms with Crippen LogP contribution < -0.4 is 0 Å². The van der Waals surface area contributed by atoms with Crippen molar-refractivity contribution in [3.05, 3.63) is 35.8 Å². The van der Waals surface area contributed by atoms with E-state index in [0.717, 1.165) is 11.2 Å². The van der Waals surface area contributed by atoms with Crippen molar-refractivity contribution in [2.45, 2.75) is 45.8 Å². The Balaban J connectivity index is 2.65. The van der Waals surface area contributed by atoms with E-state index in [1.165, 1.54) is 6.07 Å². The van der Waals surface area contributed by atoms with Crippen molar-refractivity contribution in [2.24, 2.45) is 0 Å². The summed E-state index contributed by atoms with van der Waals surface area (Å²) in [7, 11) is 0. The zero-order valence-electron chi connectivity index (χ0n) is 11.4. The highest BCUT2D eigenvalue weighted by molar-refractivity contribution is 5.82. The van der Waals surface area contributed by atoms with Crippen LogP contribution in [0, 0.1) is 5.82 Å². The molecule has 2 nitrogen and oxygen atoms in total. The summed E-state index contributed by atoms with van der Waals surface area (Å²) in [6.07, 6.45) is 0.513. The smallest absolute Gasteiger partial charge is 0.132 e. The average molecular weight is 249 g/mol. The van der Waals surface area contributed by atoms with Crippen LogP contribution in [0.5, 0.6) is 0 Å². The fourth-order valence-corrected chi connectivity index (χ4v) is 2.46. The lowest BCUT2D eigenvalue weighted by atomic mass is 10.0. The zero-order valence-corrected chi connectivity index (χ0v) is 11.4. The molecule has 0 fully saturated rings. The maximum atomic E-state index is 13.8. The minimum absolute atomic E-state index is 0.205. The lowest BCUT2D eigenvalue weighted by Gasteiger charge is -2.21. The number of fused-ring (bicyclic) bond motifs is 1. The summed E-state index contributed by atoms with van der Waals surface area (Å²) in [6.45, 7) is 7.67. The molecule has 98 valence electrons. The van der Waals surface area contributed by atoms with Gasteiger partial charge in [0, 0.05) is 23.5 Å². The third-order valence-corrected chi connectivity index (χ3v) is 3.04. The van der Waals surface area contributed by atoms with E-state index in [1.54, 1.807) is 19.9 Å². The normalized spacial score (nSPS) is 12.6. The number of nitrogens with zero attached hydrogens (tertiary/aromatic N) is 1. The van der Waals surface area contributed by atoms with Crippen LogP contribution in [0.1, 0.15) is 39.4 Å². The third kappa shape index (κ3) is 2.41. The molecule has 0 unspecified atom stereocenters. The molecule has 18 heavy (non-hydrogen) atoms. The van der Waals surface area contributed by atoms with Crippen molar-refractivity contribution in [2.75, 3.05) is 0 Å². The molecular formula is C15H20FNO. The van der Waals surface area contributed by atoms with Crippen LogP contribution >= 0.6 is 0 Å². The van der Waals surface area contributed by atoms with Crippen LogP contribution in [0.4, 0.5) is 4.39 Å². The van der Waals surface area contributed by atoms with E-state index in [1.807, 2.05) is 12.1 Å². The average Bonchev–Trinajstić information content (AvgIpc) is 2.54. The van der Waals surface area contributed by atoms with Gasteiger partial charge in [-0.25, -0.2) is 4.39 Å². The van der Waals surface area contributed by atoms with E-state index in [9.17, 15) is 9.50 Å². The maximum absolute atomic E-state index is 13.8. The monoisotopic (exact) mass is 249 g/mol. The first-order valence-electron chi connectivity index (χ1n) is 6.30. The number of halogens is 1. The molecule has 0 radical (unpaired) electrons. The number of aliphatic hydroxyl groups is 1. The minimum Gasteiger partial charge on any atom is -0.390 e. The largest absolute Gasteiger partial charge is 0.390 e. The van der Waals surface area contributed by atoms with Gasteiger partial charge in [-0.1, -0.05) is 6.07 Å². The Morgan fingerprint density at radius 2 is 2.00 bits per heavy atom. The molecule has 0 aliphatic heterocycles. The summed E-state index contributed by atoms with van der Waals surface area (Å²) < 4.78 is 15.9. The predicted octanol–water partition coefficient (Wildman–Crippen LogP) is 3.67. The van der Waals surface area contributed by atoms with Crippen LogP contribution in [0.25, 0.3) is 10.9 Å². The SMILES string of the molecule is CC(C)n1c(CC(C)(C)O)cc2c(F)cccc21. The van der Waals surface area contributed by atoms with E-state index >= 15 is 0 Å². The Kier molecular flexibility index (Phi) is 3.20. The van der Waals surface area contributed by atoms with Crippen molar-refractivity contribution >= 4 is 10.9 Å². The highest BCUT2D eigenvalue weighted by Crippen LogP contribution is 2.28. The second kappa shape index (κ2) is 4.39. The Morgan fingerprint density at radius 3 is 2.56 bits per heavy atom. The molecule has 0 amide bonds. The molecule has 3 heteroatoms. The summed E-state index contributed by atoms with van der Waals surface area (Å²) in [5.41, 5.74) is 1.07. The van der Waals surface area contributed by atoms with E-state index in [-0.39, 0.29) is 11.9 Å². The summed E-state index contributed by atoms with van der Waals surface area (Å²) >= 11 is 0. The molecule has 0 spiro atoms. The lowest BCUT2D eigenvalue weighted by molar-refractivity contribution is 0.0789. The van der Waals surface area contributed by atoms with Crippen LogP contribution in [-0.2, 0) is 6.42 Å². The predicted molar refractivity (Wildman–Crippen MR) is 72.3 cm³/mol. The van der Waals surface area contributed by atoms with Crippen molar-refractivity contribution in [3.63, 3.8) is 0 Å². The van der Waals surface area contributed by atoms with Gasteiger partial charge in [0.2, 0.25) is 0 Å². The van der Waals surface area contributed by atoms with Gasteiger partial charge < -0.3 is 9.67 Å².